The standard InChI is InChI=1S/C8H10BrNS/c1-5-6(10)3-4-7(11-2)8(5)9/h3-4H,10H2,1-2H3. The number of thioether (sulfide) groups is 1. The molecule has 0 saturated carbocycles. The fourth-order valence-electron chi connectivity index (χ4n) is 0.833. The third-order valence-corrected chi connectivity index (χ3v) is 3.68. The third-order valence-electron chi connectivity index (χ3n) is 1.61. The average molecular weight is 232 g/mol. The quantitative estimate of drug-likeness (QED) is 0.594. The fourth-order valence-corrected chi connectivity index (χ4v) is 2.22. The Labute approximate surface area is 79.5 Å². The lowest BCUT2D eigenvalue weighted by molar-refractivity contribution is 1.32. The summed E-state index contributed by atoms with van der Waals surface area (Å²) in [5, 5.41) is 0. The molecule has 0 fully saturated rings. The summed E-state index contributed by atoms with van der Waals surface area (Å²) in [5.74, 6) is 0. The predicted molar refractivity (Wildman–Crippen MR) is 55.1 cm³/mol. The van der Waals surface area contributed by atoms with Gasteiger partial charge in [0.2, 0.25) is 0 Å². The van der Waals surface area contributed by atoms with Crippen LogP contribution in [0.1, 0.15) is 5.56 Å². The second-order valence-corrected chi connectivity index (χ2v) is 3.94. The number of benzene rings is 1. The molecule has 0 aromatic heterocycles. The highest BCUT2D eigenvalue weighted by molar-refractivity contribution is 9.10. The Bertz CT molecular complexity index is 273. The van der Waals surface area contributed by atoms with E-state index >= 15 is 0 Å². The van der Waals surface area contributed by atoms with Gasteiger partial charge in [-0.1, -0.05) is 0 Å². The van der Waals surface area contributed by atoms with Crippen LogP contribution in [-0.4, -0.2) is 6.26 Å². The lowest BCUT2D eigenvalue weighted by atomic mass is 10.2. The number of hydrogen-bond donors (Lipinski definition) is 1. The van der Waals surface area contributed by atoms with E-state index in [2.05, 4.69) is 22.2 Å². The Morgan fingerprint density at radius 2 is 2.09 bits per heavy atom. The van der Waals surface area contributed by atoms with E-state index < -0.39 is 0 Å². The Morgan fingerprint density at radius 1 is 1.45 bits per heavy atom. The summed E-state index contributed by atoms with van der Waals surface area (Å²) in [5.41, 5.74) is 7.67. The van der Waals surface area contributed by atoms with E-state index in [9.17, 15) is 0 Å². The molecule has 0 amide bonds. The molecule has 0 atom stereocenters. The molecule has 0 aliphatic carbocycles. The molecule has 0 aliphatic rings. The van der Waals surface area contributed by atoms with Gasteiger partial charge in [-0.15, -0.1) is 11.8 Å². The molecule has 0 unspecified atom stereocenters. The van der Waals surface area contributed by atoms with Crippen molar-refractivity contribution < 1.29 is 0 Å². The summed E-state index contributed by atoms with van der Waals surface area (Å²) < 4.78 is 1.12. The largest absolute Gasteiger partial charge is 0.398 e. The van der Waals surface area contributed by atoms with Gasteiger partial charge in [0.25, 0.3) is 0 Å². The molecular formula is C8H10BrNS. The molecule has 0 spiro atoms. The van der Waals surface area contributed by atoms with Crippen molar-refractivity contribution in [3.8, 4) is 0 Å². The number of rotatable bonds is 1. The lowest BCUT2D eigenvalue weighted by Gasteiger charge is -2.06. The van der Waals surface area contributed by atoms with Crippen molar-refractivity contribution >= 4 is 33.4 Å². The van der Waals surface area contributed by atoms with Crippen LogP contribution in [0.3, 0.4) is 0 Å². The van der Waals surface area contributed by atoms with E-state index in [4.69, 9.17) is 5.73 Å². The van der Waals surface area contributed by atoms with Crippen LogP contribution in [-0.2, 0) is 0 Å². The minimum Gasteiger partial charge on any atom is -0.398 e. The fraction of sp³-hybridized carbons (Fsp3) is 0.250. The Morgan fingerprint density at radius 3 is 2.64 bits per heavy atom. The van der Waals surface area contributed by atoms with Crippen molar-refractivity contribution in [3.05, 3.63) is 22.2 Å². The van der Waals surface area contributed by atoms with Gasteiger partial charge >= 0.3 is 0 Å². The Hall–Kier alpha value is -0.150. The summed E-state index contributed by atoms with van der Waals surface area (Å²) >= 11 is 5.21. The highest BCUT2D eigenvalue weighted by atomic mass is 79.9. The number of nitrogen functional groups attached to an aromatic ring is 1. The highest BCUT2D eigenvalue weighted by Crippen LogP contribution is 2.31. The maximum Gasteiger partial charge on any atom is 0.0360 e. The molecule has 60 valence electrons. The summed E-state index contributed by atoms with van der Waals surface area (Å²) in [6.07, 6.45) is 2.05. The van der Waals surface area contributed by atoms with Crippen LogP contribution in [0.4, 0.5) is 5.69 Å². The van der Waals surface area contributed by atoms with E-state index in [1.165, 1.54) is 4.90 Å². The van der Waals surface area contributed by atoms with Gasteiger partial charge in [-0.2, -0.15) is 0 Å². The zero-order valence-corrected chi connectivity index (χ0v) is 8.92. The monoisotopic (exact) mass is 231 g/mol. The summed E-state index contributed by atoms with van der Waals surface area (Å²) in [6, 6.07) is 3.96. The summed E-state index contributed by atoms with van der Waals surface area (Å²) in [4.78, 5) is 1.23. The van der Waals surface area contributed by atoms with E-state index in [0.29, 0.717) is 0 Å². The van der Waals surface area contributed by atoms with Crippen molar-refractivity contribution in [2.24, 2.45) is 0 Å². The molecule has 0 aliphatic heterocycles. The zero-order chi connectivity index (χ0) is 8.43. The van der Waals surface area contributed by atoms with Gasteiger partial charge in [-0.3, -0.25) is 0 Å². The molecular weight excluding hydrogens is 222 g/mol. The smallest absolute Gasteiger partial charge is 0.0360 e. The summed E-state index contributed by atoms with van der Waals surface area (Å²) in [6.45, 7) is 2.01. The predicted octanol–water partition coefficient (Wildman–Crippen LogP) is 3.06. The van der Waals surface area contributed by atoms with Crippen LogP contribution in [0.25, 0.3) is 0 Å². The van der Waals surface area contributed by atoms with Crippen molar-refractivity contribution in [1.82, 2.24) is 0 Å². The van der Waals surface area contributed by atoms with Crippen molar-refractivity contribution in [2.75, 3.05) is 12.0 Å². The van der Waals surface area contributed by atoms with Gasteiger partial charge in [0.15, 0.2) is 0 Å². The summed E-state index contributed by atoms with van der Waals surface area (Å²) in [7, 11) is 0. The van der Waals surface area contributed by atoms with Gasteiger partial charge in [-0.25, -0.2) is 0 Å². The first-order chi connectivity index (χ1) is 5.16. The normalized spacial score (nSPS) is 10.1. The maximum absolute atomic E-state index is 5.70. The Balaban J connectivity index is 3.25. The SMILES string of the molecule is CSc1ccc(N)c(C)c1Br. The first-order valence-corrected chi connectivity index (χ1v) is 5.27. The number of nitrogens with two attached hydrogens (primary N) is 1. The lowest BCUT2D eigenvalue weighted by Crippen LogP contribution is -1.90. The van der Waals surface area contributed by atoms with Crippen LogP contribution in [0.2, 0.25) is 0 Å². The van der Waals surface area contributed by atoms with Crippen molar-refractivity contribution in [1.29, 1.82) is 0 Å². The van der Waals surface area contributed by atoms with E-state index in [1.54, 1.807) is 11.8 Å². The van der Waals surface area contributed by atoms with Gasteiger partial charge < -0.3 is 5.73 Å². The number of halogens is 1. The molecule has 0 bridgehead atoms. The molecule has 1 rings (SSSR count). The molecule has 0 radical (unpaired) electrons. The van der Waals surface area contributed by atoms with E-state index in [-0.39, 0.29) is 0 Å². The number of hydrogen-bond acceptors (Lipinski definition) is 2. The van der Waals surface area contributed by atoms with Gasteiger partial charge in [0.05, 0.1) is 0 Å². The third kappa shape index (κ3) is 1.71. The minimum atomic E-state index is 0.842. The van der Waals surface area contributed by atoms with Gasteiger partial charge in [0, 0.05) is 15.1 Å². The van der Waals surface area contributed by atoms with Crippen LogP contribution in [0.15, 0.2) is 21.5 Å². The molecule has 1 aromatic carbocycles. The molecule has 1 nitrogen and oxygen atoms in total. The minimum absolute atomic E-state index is 0.842. The van der Waals surface area contributed by atoms with Crippen molar-refractivity contribution in [3.63, 3.8) is 0 Å². The topological polar surface area (TPSA) is 26.0 Å². The molecule has 11 heavy (non-hydrogen) atoms. The molecule has 1 aromatic rings. The van der Waals surface area contributed by atoms with Crippen LogP contribution < -0.4 is 5.73 Å². The number of anilines is 1. The van der Waals surface area contributed by atoms with Gasteiger partial charge in [-0.05, 0) is 46.8 Å². The van der Waals surface area contributed by atoms with Crippen LogP contribution >= 0.6 is 27.7 Å². The average Bonchev–Trinajstić information content (AvgIpc) is 2.01. The van der Waals surface area contributed by atoms with Crippen LogP contribution in [0.5, 0.6) is 0 Å². The van der Waals surface area contributed by atoms with E-state index in [0.717, 1.165) is 15.7 Å². The highest BCUT2D eigenvalue weighted by Gasteiger charge is 2.03. The first-order valence-electron chi connectivity index (χ1n) is 3.25. The maximum atomic E-state index is 5.70. The molecule has 2 N–H and O–H groups in total. The second kappa shape index (κ2) is 3.50. The van der Waals surface area contributed by atoms with Gasteiger partial charge in [0.1, 0.15) is 0 Å². The molecule has 3 heteroatoms. The zero-order valence-electron chi connectivity index (χ0n) is 6.52. The molecule has 0 saturated heterocycles. The molecule has 0 heterocycles. The van der Waals surface area contributed by atoms with E-state index in [1.807, 2.05) is 19.1 Å². The second-order valence-electron chi connectivity index (χ2n) is 2.30. The van der Waals surface area contributed by atoms with Crippen molar-refractivity contribution in [2.45, 2.75) is 11.8 Å². The van der Waals surface area contributed by atoms with Crippen LogP contribution in [0, 0.1) is 6.92 Å². The first kappa shape index (κ1) is 8.94. The Kier molecular flexibility index (Phi) is 2.84.